The van der Waals surface area contributed by atoms with Crippen molar-refractivity contribution < 1.29 is 19.4 Å². The van der Waals surface area contributed by atoms with Gasteiger partial charge in [0.05, 0.1) is 29.3 Å². The molecule has 2 aromatic heterocycles. The average Bonchev–Trinajstić information content (AvgIpc) is 2.84. The third-order valence-corrected chi connectivity index (χ3v) is 4.66. The lowest BCUT2D eigenvalue weighted by atomic mass is 10.1. The van der Waals surface area contributed by atoms with E-state index in [1.54, 1.807) is 19.2 Å². The number of aromatic hydroxyl groups is 1. The normalized spacial score (nSPS) is 11.0. The van der Waals surface area contributed by atoms with Crippen molar-refractivity contribution in [1.29, 1.82) is 0 Å². The molecule has 0 saturated heterocycles. The van der Waals surface area contributed by atoms with Crippen LogP contribution < -0.4 is 4.74 Å². The van der Waals surface area contributed by atoms with E-state index >= 15 is 0 Å². The molecule has 1 aromatic carbocycles. The number of carbonyl (C=O) groups is 1. The van der Waals surface area contributed by atoms with Gasteiger partial charge in [-0.2, -0.15) is 0 Å². The van der Waals surface area contributed by atoms with Crippen molar-refractivity contribution in [3.8, 4) is 11.5 Å². The lowest BCUT2D eigenvalue weighted by molar-refractivity contribution is 0.0603. The Kier molecular flexibility index (Phi) is 3.35. The number of halogens is 1. The molecule has 5 nitrogen and oxygen atoms in total. The zero-order chi connectivity index (χ0) is 15.1. The van der Waals surface area contributed by atoms with E-state index in [1.165, 1.54) is 13.3 Å². The van der Waals surface area contributed by atoms with Gasteiger partial charge in [-0.3, -0.25) is 4.98 Å². The summed E-state index contributed by atoms with van der Waals surface area (Å²) in [5.74, 6) is -0.167. The number of pyridine rings is 1. The first kappa shape index (κ1) is 13.9. The fourth-order valence-electron chi connectivity index (χ4n) is 2.16. The van der Waals surface area contributed by atoms with Gasteiger partial charge < -0.3 is 14.6 Å². The van der Waals surface area contributed by atoms with Crippen LogP contribution in [0.25, 0.3) is 21.0 Å². The third kappa shape index (κ3) is 1.99. The van der Waals surface area contributed by atoms with Crippen LogP contribution >= 0.6 is 22.9 Å². The number of rotatable bonds is 2. The fourth-order valence-corrected chi connectivity index (χ4v) is 3.61. The molecule has 3 aromatic rings. The van der Waals surface area contributed by atoms with Crippen molar-refractivity contribution in [2.24, 2.45) is 0 Å². The number of esters is 1. The highest BCUT2D eigenvalue weighted by atomic mass is 35.5. The maximum Gasteiger partial charge on any atom is 0.351 e. The van der Waals surface area contributed by atoms with E-state index in [4.69, 9.17) is 16.3 Å². The zero-order valence-electron chi connectivity index (χ0n) is 11.1. The summed E-state index contributed by atoms with van der Waals surface area (Å²) in [5, 5.41) is 11.7. The van der Waals surface area contributed by atoms with E-state index < -0.39 is 5.97 Å². The molecule has 0 fully saturated rings. The second-order valence-electron chi connectivity index (χ2n) is 4.25. The van der Waals surface area contributed by atoms with E-state index in [9.17, 15) is 9.90 Å². The molecule has 0 spiro atoms. The molecule has 0 aliphatic rings. The second-order valence-corrected chi connectivity index (χ2v) is 5.67. The molecule has 21 heavy (non-hydrogen) atoms. The van der Waals surface area contributed by atoms with Gasteiger partial charge in [-0.1, -0.05) is 11.6 Å². The highest BCUT2D eigenvalue weighted by Gasteiger charge is 2.22. The number of aromatic nitrogens is 1. The van der Waals surface area contributed by atoms with Crippen molar-refractivity contribution in [2.45, 2.75) is 0 Å². The predicted octanol–water partition coefficient (Wildman–Crippen LogP) is 3.60. The largest absolute Gasteiger partial charge is 0.505 e. The number of ether oxygens (including phenoxy) is 2. The third-order valence-electron chi connectivity index (χ3n) is 3.15. The molecular weight excluding hydrogens is 314 g/mol. The first-order chi connectivity index (χ1) is 10.1. The maximum absolute atomic E-state index is 11.7. The van der Waals surface area contributed by atoms with E-state index in [-0.39, 0.29) is 10.6 Å². The summed E-state index contributed by atoms with van der Waals surface area (Å²) in [6, 6.07) is 3.41. The molecule has 108 valence electrons. The molecule has 0 unspecified atom stereocenters. The topological polar surface area (TPSA) is 68.7 Å². The minimum Gasteiger partial charge on any atom is -0.505 e. The van der Waals surface area contributed by atoms with E-state index in [1.807, 2.05) is 0 Å². The fraction of sp³-hybridized carbons (Fsp3) is 0.143. The second kappa shape index (κ2) is 5.05. The highest BCUT2D eigenvalue weighted by Crippen LogP contribution is 2.44. The number of nitrogens with zero attached hydrogens (tertiary/aromatic N) is 1. The lowest BCUT2D eigenvalue weighted by Crippen LogP contribution is -1.97. The van der Waals surface area contributed by atoms with Crippen molar-refractivity contribution in [2.75, 3.05) is 14.2 Å². The molecule has 0 aliphatic heterocycles. The number of benzene rings is 1. The summed E-state index contributed by atoms with van der Waals surface area (Å²) in [5.41, 5.74) is 0.579. The van der Waals surface area contributed by atoms with Crippen LogP contribution in [0.1, 0.15) is 9.67 Å². The molecule has 7 heteroatoms. The van der Waals surface area contributed by atoms with Gasteiger partial charge in [0.25, 0.3) is 0 Å². The Labute approximate surface area is 128 Å². The molecule has 0 amide bonds. The van der Waals surface area contributed by atoms with E-state index in [0.29, 0.717) is 31.8 Å². The van der Waals surface area contributed by atoms with Crippen LogP contribution in [-0.2, 0) is 4.74 Å². The van der Waals surface area contributed by atoms with Crippen LogP contribution in [0.15, 0.2) is 18.3 Å². The lowest BCUT2D eigenvalue weighted by Gasteiger charge is -2.06. The number of methoxy groups -OCH3 is 2. The average molecular weight is 324 g/mol. The van der Waals surface area contributed by atoms with Gasteiger partial charge in [-0.25, -0.2) is 4.79 Å². The quantitative estimate of drug-likeness (QED) is 0.730. The Balaban J connectivity index is 2.46. The number of thiophene rings is 1. The molecule has 2 heterocycles. The van der Waals surface area contributed by atoms with Gasteiger partial charge in [0, 0.05) is 11.6 Å². The monoisotopic (exact) mass is 323 g/mol. The van der Waals surface area contributed by atoms with Crippen LogP contribution in [0.5, 0.6) is 11.5 Å². The van der Waals surface area contributed by atoms with Gasteiger partial charge in [-0.15, -0.1) is 11.3 Å². The standard InChI is InChI=1S/C14H10ClNO4S/c1-19-8-4-3-7(15)9-10(8)16-5-6-11(17)13(14(18)20-2)21-12(6)9/h3-5,17H,1-2H3. The van der Waals surface area contributed by atoms with Crippen LogP contribution in [-0.4, -0.2) is 30.3 Å². The van der Waals surface area contributed by atoms with Crippen LogP contribution in [0.2, 0.25) is 5.02 Å². The molecule has 0 saturated carbocycles. The Morgan fingerprint density at radius 3 is 2.81 bits per heavy atom. The minimum atomic E-state index is -0.596. The van der Waals surface area contributed by atoms with Gasteiger partial charge >= 0.3 is 5.97 Å². The van der Waals surface area contributed by atoms with Gasteiger partial charge in [-0.05, 0) is 12.1 Å². The van der Waals surface area contributed by atoms with Gasteiger partial charge in [0.2, 0.25) is 0 Å². The van der Waals surface area contributed by atoms with Gasteiger partial charge in [0.1, 0.15) is 17.0 Å². The Hall–Kier alpha value is -2.05. The summed E-state index contributed by atoms with van der Waals surface area (Å²) in [6.07, 6.45) is 1.49. The molecule has 3 rings (SSSR count). The van der Waals surface area contributed by atoms with E-state index in [0.717, 1.165) is 11.3 Å². The summed E-state index contributed by atoms with van der Waals surface area (Å²) in [7, 11) is 2.80. The highest BCUT2D eigenvalue weighted by molar-refractivity contribution is 7.22. The molecule has 1 N–H and O–H groups in total. The summed E-state index contributed by atoms with van der Waals surface area (Å²) in [4.78, 5) is 16.1. The Morgan fingerprint density at radius 1 is 1.38 bits per heavy atom. The first-order valence-electron chi connectivity index (χ1n) is 5.93. The summed E-state index contributed by atoms with van der Waals surface area (Å²) < 4.78 is 10.6. The molecular formula is C14H10ClNO4S. The maximum atomic E-state index is 11.7. The molecule has 0 radical (unpaired) electrons. The SMILES string of the molecule is COC(=O)c1sc2c(cnc3c(OC)ccc(Cl)c32)c1O. The molecule has 0 atom stereocenters. The van der Waals surface area contributed by atoms with Crippen molar-refractivity contribution in [3.05, 3.63) is 28.2 Å². The number of fused-ring (bicyclic) bond motifs is 3. The summed E-state index contributed by atoms with van der Waals surface area (Å²) >= 11 is 7.37. The molecule has 0 bridgehead atoms. The summed E-state index contributed by atoms with van der Waals surface area (Å²) in [6.45, 7) is 0. The van der Waals surface area contributed by atoms with Crippen LogP contribution in [0.3, 0.4) is 0 Å². The van der Waals surface area contributed by atoms with Gasteiger partial charge in [0.15, 0.2) is 4.88 Å². The smallest absolute Gasteiger partial charge is 0.351 e. The van der Waals surface area contributed by atoms with Crippen molar-refractivity contribution >= 4 is 49.9 Å². The first-order valence-corrected chi connectivity index (χ1v) is 7.13. The Bertz CT molecular complexity index is 874. The van der Waals surface area contributed by atoms with E-state index in [2.05, 4.69) is 9.72 Å². The number of hydrogen-bond donors (Lipinski definition) is 1. The van der Waals surface area contributed by atoms with Crippen molar-refractivity contribution in [1.82, 2.24) is 4.98 Å². The zero-order valence-corrected chi connectivity index (χ0v) is 12.7. The van der Waals surface area contributed by atoms with Crippen LogP contribution in [0.4, 0.5) is 0 Å². The predicted molar refractivity (Wildman–Crippen MR) is 81.7 cm³/mol. The number of hydrogen-bond acceptors (Lipinski definition) is 6. The molecule has 0 aliphatic carbocycles. The minimum absolute atomic E-state index is 0.126. The van der Waals surface area contributed by atoms with Crippen LogP contribution in [0, 0.1) is 0 Å². The Morgan fingerprint density at radius 2 is 2.14 bits per heavy atom. The number of carbonyl (C=O) groups excluding carboxylic acids is 1. The van der Waals surface area contributed by atoms with Crippen molar-refractivity contribution in [3.63, 3.8) is 0 Å².